The van der Waals surface area contributed by atoms with Crippen LogP contribution < -0.4 is 11.4 Å². The summed E-state index contributed by atoms with van der Waals surface area (Å²) < 4.78 is 29.8. The van der Waals surface area contributed by atoms with Crippen molar-refractivity contribution in [2.75, 3.05) is 6.54 Å². The van der Waals surface area contributed by atoms with Gasteiger partial charge in [-0.25, -0.2) is 9.48 Å². The molecule has 3 aromatic heterocycles. The van der Waals surface area contributed by atoms with Gasteiger partial charge in [-0.15, -0.1) is 11.3 Å². The molecule has 0 aliphatic heterocycles. The molecule has 0 saturated heterocycles. The summed E-state index contributed by atoms with van der Waals surface area (Å²) in [6, 6.07) is 2.06. The quantitative estimate of drug-likeness (QED) is 0.667. The number of aryl methyl sites for hydroxylation is 2. The molecule has 0 fully saturated rings. The van der Waals surface area contributed by atoms with Crippen LogP contribution in [0.1, 0.15) is 17.4 Å². The predicted molar refractivity (Wildman–Crippen MR) is 99.8 cm³/mol. The van der Waals surface area contributed by atoms with E-state index in [-0.39, 0.29) is 18.7 Å². The summed E-state index contributed by atoms with van der Waals surface area (Å²) in [4.78, 5) is 14.5. The summed E-state index contributed by atoms with van der Waals surface area (Å²) in [5, 5.41) is 8.21. The fourth-order valence-electron chi connectivity index (χ4n) is 2.61. The molecule has 27 heavy (non-hydrogen) atoms. The van der Waals surface area contributed by atoms with E-state index in [2.05, 4.69) is 16.3 Å². The van der Waals surface area contributed by atoms with Crippen LogP contribution in [-0.2, 0) is 19.6 Å². The molecule has 0 spiro atoms. The van der Waals surface area contributed by atoms with Crippen LogP contribution in [-0.4, -0.2) is 30.7 Å². The van der Waals surface area contributed by atoms with Gasteiger partial charge in [-0.2, -0.15) is 19.0 Å². The van der Waals surface area contributed by atoms with E-state index in [4.69, 9.17) is 5.73 Å². The molecule has 0 saturated carbocycles. The van der Waals surface area contributed by atoms with Crippen LogP contribution in [0.3, 0.4) is 0 Å². The monoisotopic (exact) mass is 394 g/mol. The maximum atomic E-state index is 12.8. The summed E-state index contributed by atoms with van der Waals surface area (Å²) in [7, 11) is 0. The Morgan fingerprint density at radius 3 is 2.74 bits per heavy atom. The molecule has 3 heterocycles. The molecule has 0 aromatic carbocycles. The zero-order valence-corrected chi connectivity index (χ0v) is 15.8. The van der Waals surface area contributed by atoms with Gasteiger partial charge in [0.05, 0.1) is 19.3 Å². The number of nitrogens with two attached hydrogens (primary N) is 1. The van der Waals surface area contributed by atoms with Gasteiger partial charge in [-0.1, -0.05) is 0 Å². The number of nitrogens with zero attached hydrogens (tertiary/aromatic N) is 5. The highest BCUT2D eigenvalue weighted by Gasteiger charge is 2.14. The Balaban J connectivity index is 1.82. The van der Waals surface area contributed by atoms with Crippen molar-refractivity contribution < 1.29 is 8.78 Å². The standard InChI is InChI=1S/C17H20F2N6OS/c1-3-24-7-13(6-21-24)14-4-11(2)15(27-14)9-23-10-22-25(17(23)26)8-12(5-20)16(18)19/h4,6-7,10H,3,5,8-9,20H2,1-2H3. The Morgan fingerprint density at radius 2 is 2.11 bits per heavy atom. The number of aromatic nitrogens is 5. The Kier molecular flexibility index (Phi) is 5.66. The Morgan fingerprint density at radius 1 is 1.33 bits per heavy atom. The summed E-state index contributed by atoms with van der Waals surface area (Å²) in [6.45, 7) is 4.49. The van der Waals surface area contributed by atoms with Crippen LogP contribution in [0.2, 0.25) is 0 Å². The first-order valence-corrected chi connectivity index (χ1v) is 9.22. The second-order valence-electron chi connectivity index (χ2n) is 6.07. The molecule has 144 valence electrons. The van der Waals surface area contributed by atoms with Crippen LogP contribution in [0.25, 0.3) is 10.4 Å². The topological polar surface area (TPSA) is 83.7 Å². The van der Waals surface area contributed by atoms with E-state index in [0.717, 1.165) is 32.1 Å². The highest BCUT2D eigenvalue weighted by atomic mass is 32.1. The lowest BCUT2D eigenvalue weighted by Crippen LogP contribution is -2.27. The largest absolute Gasteiger partial charge is 0.346 e. The van der Waals surface area contributed by atoms with Gasteiger partial charge in [0.2, 0.25) is 0 Å². The van der Waals surface area contributed by atoms with Crippen LogP contribution in [0.15, 0.2) is 41.2 Å². The first kappa shape index (κ1) is 19.2. The van der Waals surface area contributed by atoms with Crippen LogP contribution in [0.5, 0.6) is 0 Å². The molecule has 0 bridgehead atoms. The summed E-state index contributed by atoms with van der Waals surface area (Å²) in [5.74, 6) is 0. The molecule has 0 atom stereocenters. The van der Waals surface area contributed by atoms with E-state index in [9.17, 15) is 13.6 Å². The SMILES string of the molecule is CCn1cc(-c2cc(C)c(Cn3cnn(CC(CN)=C(F)F)c3=O)s2)cn1. The van der Waals surface area contributed by atoms with E-state index in [0.29, 0.717) is 6.54 Å². The predicted octanol–water partition coefficient (Wildman–Crippen LogP) is 2.46. The van der Waals surface area contributed by atoms with Gasteiger partial charge < -0.3 is 5.73 Å². The third-order valence-electron chi connectivity index (χ3n) is 4.23. The lowest BCUT2D eigenvalue weighted by atomic mass is 10.2. The van der Waals surface area contributed by atoms with Gasteiger partial charge >= 0.3 is 5.69 Å². The van der Waals surface area contributed by atoms with Crippen molar-refractivity contribution in [2.24, 2.45) is 5.73 Å². The molecule has 3 aromatic rings. The van der Waals surface area contributed by atoms with E-state index >= 15 is 0 Å². The van der Waals surface area contributed by atoms with Crippen molar-refractivity contribution in [3.8, 4) is 10.4 Å². The molecule has 0 aliphatic carbocycles. The smallest absolute Gasteiger partial charge is 0.327 e. The molecule has 0 unspecified atom stereocenters. The Hall–Kier alpha value is -2.59. The van der Waals surface area contributed by atoms with Crippen molar-refractivity contribution in [3.63, 3.8) is 0 Å². The second kappa shape index (κ2) is 7.97. The summed E-state index contributed by atoms with van der Waals surface area (Å²) in [5.41, 5.74) is 6.62. The fraction of sp³-hybridized carbons (Fsp3) is 0.353. The van der Waals surface area contributed by atoms with E-state index in [1.54, 1.807) is 11.3 Å². The third kappa shape index (κ3) is 4.06. The van der Waals surface area contributed by atoms with Gasteiger partial charge in [-0.05, 0) is 25.5 Å². The summed E-state index contributed by atoms with van der Waals surface area (Å²) in [6.07, 6.45) is 3.28. The molecule has 0 aliphatic rings. The molecule has 2 N–H and O–H groups in total. The van der Waals surface area contributed by atoms with E-state index in [1.807, 2.05) is 30.9 Å². The van der Waals surface area contributed by atoms with Crippen molar-refractivity contribution in [3.05, 3.63) is 57.4 Å². The first-order chi connectivity index (χ1) is 12.9. The van der Waals surface area contributed by atoms with Gasteiger partial charge in [0.25, 0.3) is 6.08 Å². The van der Waals surface area contributed by atoms with Crippen molar-refractivity contribution >= 4 is 11.3 Å². The molecular formula is C17H20F2N6OS. The zero-order chi connectivity index (χ0) is 19.6. The van der Waals surface area contributed by atoms with Crippen molar-refractivity contribution in [1.82, 2.24) is 24.1 Å². The highest BCUT2D eigenvalue weighted by molar-refractivity contribution is 7.15. The number of hydrogen-bond donors (Lipinski definition) is 1. The second-order valence-corrected chi connectivity index (χ2v) is 7.21. The first-order valence-electron chi connectivity index (χ1n) is 8.40. The molecule has 0 radical (unpaired) electrons. The highest BCUT2D eigenvalue weighted by Crippen LogP contribution is 2.31. The van der Waals surface area contributed by atoms with Crippen LogP contribution in [0, 0.1) is 6.92 Å². The number of thiophene rings is 1. The minimum absolute atomic E-state index is 0.301. The Bertz CT molecular complexity index is 1020. The lowest BCUT2D eigenvalue weighted by Gasteiger charge is -2.02. The molecule has 0 amide bonds. The number of halogens is 2. The molecule has 3 rings (SSSR count). The van der Waals surface area contributed by atoms with Crippen molar-refractivity contribution in [2.45, 2.75) is 33.5 Å². The number of rotatable bonds is 7. The van der Waals surface area contributed by atoms with Crippen LogP contribution in [0.4, 0.5) is 8.78 Å². The number of hydrogen-bond acceptors (Lipinski definition) is 5. The maximum Gasteiger partial charge on any atom is 0.346 e. The van der Waals surface area contributed by atoms with Gasteiger partial charge in [0, 0.05) is 40.2 Å². The molecule has 10 heteroatoms. The maximum absolute atomic E-state index is 12.8. The van der Waals surface area contributed by atoms with Gasteiger partial charge in [0.15, 0.2) is 0 Å². The lowest BCUT2D eigenvalue weighted by molar-refractivity contribution is 0.400. The normalized spacial score (nSPS) is 11.1. The minimum Gasteiger partial charge on any atom is -0.327 e. The van der Waals surface area contributed by atoms with Gasteiger partial charge in [-0.3, -0.25) is 9.25 Å². The zero-order valence-electron chi connectivity index (χ0n) is 15.0. The van der Waals surface area contributed by atoms with E-state index in [1.165, 1.54) is 10.9 Å². The molecule has 7 nitrogen and oxygen atoms in total. The van der Waals surface area contributed by atoms with Crippen molar-refractivity contribution in [1.29, 1.82) is 0 Å². The molecular weight excluding hydrogens is 374 g/mol. The van der Waals surface area contributed by atoms with Crippen LogP contribution >= 0.6 is 11.3 Å². The van der Waals surface area contributed by atoms with Gasteiger partial charge in [0.1, 0.15) is 6.33 Å². The average molecular weight is 394 g/mol. The Labute approximate surface area is 158 Å². The summed E-state index contributed by atoms with van der Waals surface area (Å²) >= 11 is 1.57. The fourth-order valence-corrected chi connectivity index (χ4v) is 3.76. The third-order valence-corrected chi connectivity index (χ3v) is 5.50. The van der Waals surface area contributed by atoms with E-state index < -0.39 is 11.8 Å². The minimum atomic E-state index is -1.87. The average Bonchev–Trinajstić information content (AvgIpc) is 3.34.